The fourth-order valence-corrected chi connectivity index (χ4v) is 2.96. The maximum Gasteiger partial charge on any atom is 0.303 e. The number of benzene rings is 1. The van der Waals surface area contributed by atoms with Crippen molar-refractivity contribution in [2.45, 2.75) is 50.9 Å². The van der Waals surface area contributed by atoms with E-state index < -0.39 is 49.0 Å². The summed E-state index contributed by atoms with van der Waals surface area (Å²) in [7, 11) is 0. The summed E-state index contributed by atoms with van der Waals surface area (Å²) in [5, 5.41) is 0. The molecule has 25 heavy (non-hydrogen) atoms. The standard InChI is InChI=1S/C17H19FO7/c1-9(19)22-14-13-12(24-16(18)15(14)23-10(2)20)8-21-17(25-13)11-6-4-3-5-7-11/h3-7,12-17H,8H2,1-2H3/t12-,13-,14+,15-,16-,17?/m1/s1. The highest BCUT2D eigenvalue weighted by Crippen LogP contribution is 2.36. The number of hydrogen-bond donors (Lipinski definition) is 0. The predicted molar refractivity (Wildman–Crippen MR) is 80.9 cm³/mol. The average molecular weight is 354 g/mol. The lowest BCUT2D eigenvalue weighted by molar-refractivity contribution is -0.344. The van der Waals surface area contributed by atoms with Crippen LogP contribution in [0.25, 0.3) is 0 Å². The van der Waals surface area contributed by atoms with Crippen molar-refractivity contribution in [1.82, 2.24) is 0 Å². The molecule has 2 heterocycles. The molecule has 1 aromatic rings. The normalized spacial score (nSPS) is 34.7. The number of rotatable bonds is 3. The van der Waals surface area contributed by atoms with Crippen LogP contribution < -0.4 is 0 Å². The van der Waals surface area contributed by atoms with Crippen LogP contribution in [0.15, 0.2) is 30.3 Å². The van der Waals surface area contributed by atoms with Crippen molar-refractivity contribution in [1.29, 1.82) is 0 Å². The van der Waals surface area contributed by atoms with Gasteiger partial charge in [-0.05, 0) is 0 Å². The molecule has 0 radical (unpaired) electrons. The summed E-state index contributed by atoms with van der Waals surface area (Å²) in [6, 6.07) is 9.14. The van der Waals surface area contributed by atoms with Crippen LogP contribution in [-0.4, -0.2) is 49.3 Å². The molecule has 0 aromatic heterocycles. The van der Waals surface area contributed by atoms with Gasteiger partial charge in [0.1, 0.15) is 12.2 Å². The van der Waals surface area contributed by atoms with Crippen LogP contribution in [0.4, 0.5) is 4.39 Å². The van der Waals surface area contributed by atoms with Crippen molar-refractivity contribution in [2.24, 2.45) is 0 Å². The average Bonchev–Trinajstić information content (AvgIpc) is 2.58. The number of ether oxygens (including phenoxy) is 5. The first-order valence-electron chi connectivity index (χ1n) is 7.91. The first kappa shape index (κ1) is 17.8. The molecule has 3 rings (SSSR count). The highest BCUT2D eigenvalue weighted by atomic mass is 19.1. The zero-order chi connectivity index (χ0) is 18.0. The summed E-state index contributed by atoms with van der Waals surface area (Å²) < 4.78 is 41.2. The molecule has 8 heteroatoms. The van der Waals surface area contributed by atoms with E-state index in [2.05, 4.69) is 0 Å². The fraction of sp³-hybridized carbons (Fsp3) is 0.529. The van der Waals surface area contributed by atoms with Crippen LogP contribution in [0.2, 0.25) is 0 Å². The van der Waals surface area contributed by atoms with Crippen LogP contribution in [0.3, 0.4) is 0 Å². The van der Waals surface area contributed by atoms with E-state index in [9.17, 15) is 14.0 Å². The molecular formula is C17H19FO7. The molecule has 2 aliphatic heterocycles. The summed E-state index contributed by atoms with van der Waals surface area (Å²) in [6.07, 6.45) is -6.83. The van der Waals surface area contributed by atoms with Crippen molar-refractivity contribution >= 4 is 11.9 Å². The van der Waals surface area contributed by atoms with E-state index >= 15 is 0 Å². The van der Waals surface area contributed by atoms with E-state index in [0.717, 1.165) is 12.5 Å². The van der Waals surface area contributed by atoms with Gasteiger partial charge in [0.15, 0.2) is 18.5 Å². The van der Waals surface area contributed by atoms with Crippen LogP contribution in [0.5, 0.6) is 0 Å². The van der Waals surface area contributed by atoms with Gasteiger partial charge in [0.2, 0.25) is 6.36 Å². The van der Waals surface area contributed by atoms with E-state index in [4.69, 9.17) is 23.7 Å². The Kier molecular flexibility index (Phi) is 5.31. The molecule has 1 aromatic carbocycles. The van der Waals surface area contributed by atoms with Gasteiger partial charge >= 0.3 is 11.9 Å². The second kappa shape index (κ2) is 7.47. The Morgan fingerprint density at radius 2 is 1.68 bits per heavy atom. The molecule has 7 nitrogen and oxygen atoms in total. The van der Waals surface area contributed by atoms with Crippen LogP contribution in [0.1, 0.15) is 25.7 Å². The topological polar surface area (TPSA) is 80.3 Å². The highest BCUT2D eigenvalue weighted by Gasteiger charge is 2.53. The van der Waals surface area contributed by atoms with Gasteiger partial charge in [-0.2, -0.15) is 0 Å². The fourth-order valence-electron chi connectivity index (χ4n) is 2.96. The summed E-state index contributed by atoms with van der Waals surface area (Å²) >= 11 is 0. The zero-order valence-corrected chi connectivity index (χ0v) is 13.8. The van der Waals surface area contributed by atoms with E-state index in [-0.39, 0.29) is 6.61 Å². The van der Waals surface area contributed by atoms with E-state index in [1.54, 1.807) is 0 Å². The lowest BCUT2D eigenvalue weighted by Crippen LogP contribution is -2.62. The molecule has 0 amide bonds. The third-order valence-corrected chi connectivity index (χ3v) is 3.95. The van der Waals surface area contributed by atoms with Crippen molar-refractivity contribution in [3.05, 3.63) is 35.9 Å². The van der Waals surface area contributed by atoms with Gasteiger partial charge in [0, 0.05) is 19.4 Å². The first-order chi connectivity index (χ1) is 12.0. The lowest BCUT2D eigenvalue weighted by atomic mass is 9.97. The molecule has 1 unspecified atom stereocenters. The SMILES string of the molecule is CC(=O)O[C@@H]1[C@@H](OC(C)=O)[C@H](F)O[C@@H]2COC(c3ccccc3)O[C@@H]12. The van der Waals surface area contributed by atoms with Gasteiger partial charge < -0.3 is 23.7 Å². The summed E-state index contributed by atoms with van der Waals surface area (Å²) in [5.41, 5.74) is 0.758. The molecule has 2 fully saturated rings. The van der Waals surface area contributed by atoms with E-state index in [1.807, 2.05) is 30.3 Å². The molecule has 6 atom stereocenters. The van der Waals surface area contributed by atoms with Crippen molar-refractivity contribution < 1.29 is 37.7 Å². The monoisotopic (exact) mass is 354 g/mol. The molecule has 2 saturated heterocycles. The van der Waals surface area contributed by atoms with Gasteiger partial charge in [-0.3, -0.25) is 9.59 Å². The molecule has 0 spiro atoms. The molecule has 0 aliphatic carbocycles. The van der Waals surface area contributed by atoms with Crippen molar-refractivity contribution in [3.63, 3.8) is 0 Å². The second-order valence-electron chi connectivity index (χ2n) is 5.85. The number of carbonyl (C=O) groups excluding carboxylic acids is 2. The molecule has 0 saturated carbocycles. The van der Waals surface area contributed by atoms with Gasteiger partial charge in [-0.1, -0.05) is 30.3 Å². The number of carbonyl (C=O) groups is 2. The minimum absolute atomic E-state index is 0.0508. The Labute approximate surface area is 143 Å². The predicted octanol–water partition coefficient (Wildman–Crippen LogP) is 1.66. The minimum atomic E-state index is -1.95. The Balaban J connectivity index is 1.84. The highest BCUT2D eigenvalue weighted by molar-refractivity contribution is 5.67. The Morgan fingerprint density at radius 1 is 1.04 bits per heavy atom. The van der Waals surface area contributed by atoms with Gasteiger partial charge in [-0.25, -0.2) is 4.39 Å². The number of halogens is 1. The summed E-state index contributed by atoms with van der Waals surface area (Å²) in [4.78, 5) is 22.7. The third kappa shape index (κ3) is 3.97. The van der Waals surface area contributed by atoms with Crippen molar-refractivity contribution in [3.8, 4) is 0 Å². The van der Waals surface area contributed by atoms with Crippen LogP contribution in [0, 0.1) is 0 Å². The smallest absolute Gasteiger partial charge is 0.303 e. The maximum atomic E-state index is 14.3. The Hall–Kier alpha value is -2.03. The van der Waals surface area contributed by atoms with Crippen LogP contribution >= 0.6 is 0 Å². The quantitative estimate of drug-likeness (QED) is 0.764. The first-order valence-corrected chi connectivity index (χ1v) is 7.91. The number of alkyl halides is 1. The maximum absolute atomic E-state index is 14.3. The van der Waals surface area contributed by atoms with E-state index in [0.29, 0.717) is 0 Å². The Morgan fingerprint density at radius 3 is 2.32 bits per heavy atom. The van der Waals surface area contributed by atoms with Gasteiger partial charge in [0.05, 0.1) is 6.61 Å². The summed E-state index contributed by atoms with van der Waals surface area (Å²) in [5.74, 6) is -1.35. The second-order valence-corrected chi connectivity index (χ2v) is 5.85. The largest absolute Gasteiger partial charge is 0.455 e. The molecule has 136 valence electrons. The number of hydrogen-bond acceptors (Lipinski definition) is 7. The summed E-state index contributed by atoms with van der Waals surface area (Å²) in [6.45, 7) is 2.38. The lowest BCUT2D eigenvalue weighted by Gasteiger charge is -2.46. The molecule has 0 bridgehead atoms. The minimum Gasteiger partial charge on any atom is -0.455 e. The van der Waals surface area contributed by atoms with Gasteiger partial charge in [-0.15, -0.1) is 0 Å². The zero-order valence-electron chi connectivity index (χ0n) is 13.8. The van der Waals surface area contributed by atoms with Crippen molar-refractivity contribution in [2.75, 3.05) is 6.61 Å². The van der Waals surface area contributed by atoms with Gasteiger partial charge in [0.25, 0.3) is 0 Å². The molecule has 0 N–H and O–H groups in total. The molecular weight excluding hydrogens is 335 g/mol. The number of esters is 2. The third-order valence-electron chi connectivity index (χ3n) is 3.95. The van der Waals surface area contributed by atoms with E-state index in [1.165, 1.54) is 6.92 Å². The molecule has 2 aliphatic rings. The Bertz CT molecular complexity index is 623. The van der Waals surface area contributed by atoms with Crippen LogP contribution in [-0.2, 0) is 33.3 Å². The number of fused-ring (bicyclic) bond motifs is 1.